The molecule has 0 aromatic heterocycles. The highest BCUT2D eigenvalue weighted by Gasteiger charge is 2.43. The van der Waals surface area contributed by atoms with Gasteiger partial charge in [-0.3, -0.25) is 14.5 Å². The maximum Gasteiger partial charge on any atom is 0.407 e. The van der Waals surface area contributed by atoms with E-state index >= 15 is 0 Å². The Morgan fingerprint density at radius 1 is 0.897 bits per heavy atom. The maximum atomic E-state index is 13.8. The average molecular weight is 525 g/mol. The van der Waals surface area contributed by atoms with Crippen LogP contribution in [0, 0.1) is 5.92 Å². The summed E-state index contributed by atoms with van der Waals surface area (Å²) in [5, 5.41) is 2.74. The molecular weight excluding hydrogens is 492 g/mol. The first-order valence-corrected chi connectivity index (χ1v) is 13.3. The number of alkyl carbamates (subject to hydrolysis) is 1. The molecule has 7 heteroatoms. The molecule has 7 nitrogen and oxygen atoms in total. The zero-order chi connectivity index (χ0) is 27.5. The molecule has 5 rings (SSSR count). The fraction of sp³-hybridized carbons (Fsp3) is 0.281. The molecule has 39 heavy (non-hydrogen) atoms. The normalized spacial score (nSPS) is 16.9. The van der Waals surface area contributed by atoms with E-state index in [1.807, 2.05) is 87.5 Å². The zero-order valence-corrected chi connectivity index (χ0v) is 22.3. The number of hydrogen-bond acceptors (Lipinski definition) is 5. The van der Waals surface area contributed by atoms with Crippen LogP contribution in [0.3, 0.4) is 0 Å². The van der Waals surface area contributed by atoms with Crippen molar-refractivity contribution in [1.82, 2.24) is 10.2 Å². The Morgan fingerprint density at radius 3 is 2.08 bits per heavy atom. The van der Waals surface area contributed by atoms with Crippen LogP contribution in [0.2, 0.25) is 0 Å². The summed E-state index contributed by atoms with van der Waals surface area (Å²) in [6.07, 6.45) is 0.647. The van der Waals surface area contributed by atoms with Crippen molar-refractivity contribution < 1.29 is 23.9 Å². The number of ether oxygens (including phenoxy) is 2. The van der Waals surface area contributed by atoms with E-state index in [-0.39, 0.29) is 18.4 Å². The van der Waals surface area contributed by atoms with E-state index in [1.54, 1.807) is 0 Å². The first kappa shape index (κ1) is 26.2. The van der Waals surface area contributed by atoms with Gasteiger partial charge < -0.3 is 14.8 Å². The maximum absolute atomic E-state index is 13.8. The fourth-order valence-electron chi connectivity index (χ4n) is 5.43. The number of nitrogens with zero attached hydrogens (tertiary/aromatic N) is 1. The van der Waals surface area contributed by atoms with Gasteiger partial charge in [0.05, 0.1) is 6.61 Å². The SMILES string of the molecule is CCOC1=CC(=O)N(C(=O)[C@@H](NC(=O)OCC2c3ccccc3-c3ccccc32)C(C)C)[C@H]1c1ccccc1. The molecule has 3 aromatic rings. The van der Waals surface area contributed by atoms with Crippen LogP contribution in [0.15, 0.2) is 90.7 Å². The standard InChI is InChI=1S/C32H32N2O5/c1-4-38-27-18-28(35)34(30(27)21-12-6-5-7-13-21)31(36)29(20(2)3)33-32(37)39-19-26-24-16-10-8-14-22(24)23-15-9-11-17-25(23)26/h5-18,20,26,29-30H,4,19H2,1-3H3,(H,33,37)/t29-,30-/m0/s1. The Morgan fingerprint density at radius 2 is 1.49 bits per heavy atom. The number of fused-ring (bicyclic) bond motifs is 3. The number of nitrogens with one attached hydrogen (secondary N) is 1. The van der Waals surface area contributed by atoms with E-state index in [0.29, 0.717) is 12.4 Å². The van der Waals surface area contributed by atoms with Crippen LogP contribution in [0.4, 0.5) is 4.79 Å². The highest BCUT2D eigenvalue weighted by atomic mass is 16.5. The molecule has 0 bridgehead atoms. The van der Waals surface area contributed by atoms with Gasteiger partial charge in [0.1, 0.15) is 24.4 Å². The lowest BCUT2D eigenvalue weighted by molar-refractivity contribution is -0.145. The molecule has 0 spiro atoms. The molecule has 3 amide bonds. The molecule has 0 saturated carbocycles. The molecule has 1 N–H and O–H groups in total. The number of carbonyl (C=O) groups excluding carboxylic acids is 3. The van der Waals surface area contributed by atoms with Gasteiger partial charge in [-0.05, 0) is 40.7 Å². The van der Waals surface area contributed by atoms with Crippen molar-refractivity contribution in [3.05, 3.63) is 107 Å². The molecule has 2 atom stereocenters. The number of imide groups is 1. The third-order valence-corrected chi connectivity index (χ3v) is 7.24. The van der Waals surface area contributed by atoms with E-state index in [4.69, 9.17) is 9.47 Å². The van der Waals surface area contributed by atoms with Gasteiger partial charge in [0.2, 0.25) is 0 Å². The quantitative estimate of drug-likeness (QED) is 0.416. The van der Waals surface area contributed by atoms with Crippen LogP contribution in [-0.2, 0) is 19.1 Å². The van der Waals surface area contributed by atoms with Crippen molar-refractivity contribution in [1.29, 1.82) is 0 Å². The smallest absolute Gasteiger partial charge is 0.407 e. The van der Waals surface area contributed by atoms with Crippen molar-refractivity contribution in [2.45, 2.75) is 38.8 Å². The lowest BCUT2D eigenvalue weighted by atomic mass is 9.98. The lowest BCUT2D eigenvalue weighted by Crippen LogP contribution is -2.52. The third-order valence-electron chi connectivity index (χ3n) is 7.24. The van der Waals surface area contributed by atoms with Gasteiger partial charge in [0, 0.05) is 12.0 Å². The van der Waals surface area contributed by atoms with Gasteiger partial charge in [-0.1, -0.05) is 92.7 Å². The predicted octanol–water partition coefficient (Wildman–Crippen LogP) is 5.58. The minimum absolute atomic E-state index is 0.100. The predicted molar refractivity (Wildman–Crippen MR) is 148 cm³/mol. The fourth-order valence-corrected chi connectivity index (χ4v) is 5.43. The Labute approximate surface area is 228 Å². The highest BCUT2D eigenvalue weighted by Crippen LogP contribution is 2.44. The summed E-state index contributed by atoms with van der Waals surface area (Å²) < 4.78 is 11.4. The number of hydrogen-bond donors (Lipinski definition) is 1. The summed E-state index contributed by atoms with van der Waals surface area (Å²) in [5.41, 5.74) is 5.22. The van der Waals surface area contributed by atoms with Gasteiger partial charge in [0.15, 0.2) is 0 Å². The molecule has 0 unspecified atom stereocenters. The number of carbonyl (C=O) groups is 3. The summed E-state index contributed by atoms with van der Waals surface area (Å²) in [4.78, 5) is 41.0. The van der Waals surface area contributed by atoms with E-state index < -0.39 is 30.0 Å². The van der Waals surface area contributed by atoms with Gasteiger partial charge in [0.25, 0.3) is 11.8 Å². The Kier molecular flexibility index (Phi) is 7.50. The van der Waals surface area contributed by atoms with Crippen LogP contribution in [-0.4, -0.2) is 42.1 Å². The zero-order valence-electron chi connectivity index (χ0n) is 22.3. The first-order valence-electron chi connectivity index (χ1n) is 13.3. The molecule has 1 aliphatic heterocycles. The van der Waals surface area contributed by atoms with E-state index in [1.165, 1.54) is 11.0 Å². The van der Waals surface area contributed by atoms with Gasteiger partial charge >= 0.3 is 6.09 Å². The largest absolute Gasteiger partial charge is 0.495 e. The van der Waals surface area contributed by atoms with Crippen molar-refractivity contribution >= 4 is 17.9 Å². The van der Waals surface area contributed by atoms with Gasteiger partial charge in [-0.25, -0.2) is 4.79 Å². The lowest BCUT2D eigenvalue weighted by Gasteiger charge is -2.31. The van der Waals surface area contributed by atoms with Crippen LogP contribution in [0.1, 0.15) is 49.4 Å². The molecule has 0 fully saturated rings. The highest BCUT2D eigenvalue weighted by molar-refractivity contribution is 6.06. The van der Waals surface area contributed by atoms with Crippen LogP contribution in [0.5, 0.6) is 0 Å². The van der Waals surface area contributed by atoms with Gasteiger partial charge in [-0.2, -0.15) is 0 Å². The third kappa shape index (κ3) is 5.04. The number of amides is 3. The average Bonchev–Trinajstić information content (AvgIpc) is 3.44. The van der Waals surface area contributed by atoms with Crippen molar-refractivity contribution in [3.8, 4) is 11.1 Å². The molecule has 1 heterocycles. The topological polar surface area (TPSA) is 84.9 Å². The summed E-state index contributed by atoms with van der Waals surface area (Å²) in [5.74, 6) is -0.971. The van der Waals surface area contributed by atoms with E-state index in [2.05, 4.69) is 17.4 Å². The minimum atomic E-state index is -0.967. The molecule has 200 valence electrons. The van der Waals surface area contributed by atoms with Gasteiger partial charge in [-0.15, -0.1) is 0 Å². The summed E-state index contributed by atoms with van der Waals surface area (Å²) >= 11 is 0. The van der Waals surface area contributed by atoms with Crippen LogP contribution in [0.25, 0.3) is 11.1 Å². The summed E-state index contributed by atoms with van der Waals surface area (Å²) in [6.45, 7) is 5.95. The van der Waals surface area contributed by atoms with Crippen molar-refractivity contribution in [2.75, 3.05) is 13.2 Å². The molecule has 1 aliphatic carbocycles. The molecule has 3 aromatic carbocycles. The van der Waals surface area contributed by atoms with Crippen molar-refractivity contribution in [3.63, 3.8) is 0 Å². The van der Waals surface area contributed by atoms with Crippen molar-refractivity contribution in [2.24, 2.45) is 5.92 Å². The van der Waals surface area contributed by atoms with Crippen LogP contribution < -0.4 is 5.32 Å². The Bertz CT molecular complexity index is 1370. The first-order chi connectivity index (χ1) is 18.9. The summed E-state index contributed by atoms with van der Waals surface area (Å²) in [6, 6.07) is 23.8. The van der Waals surface area contributed by atoms with E-state index in [9.17, 15) is 14.4 Å². The monoisotopic (exact) mass is 524 g/mol. The van der Waals surface area contributed by atoms with E-state index in [0.717, 1.165) is 27.8 Å². The molecule has 2 aliphatic rings. The number of rotatable bonds is 8. The second-order valence-corrected chi connectivity index (χ2v) is 10.0. The molecule has 0 radical (unpaired) electrons. The molecular formula is C32H32N2O5. The summed E-state index contributed by atoms with van der Waals surface area (Å²) in [7, 11) is 0. The minimum Gasteiger partial charge on any atom is -0.495 e. The molecule has 0 saturated heterocycles. The Balaban J connectivity index is 1.32. The van der Waals surface area contributed by atoms with Crippen LogP contribution >= 0.6 is 0 Å². The second-order valence-electron chi connectivity index (χ2n) is 10.0. The Hall–Kier alpha value is -4.39. The second kappa shape index (κ2) is 11.2. The number of benzene rings is 3.